The molecule has 7 heteroatoms. The molecule has 164 valence electrons. The third-order valence-electron chi connectivity index (χ3n) is 5.30. The standard InChI is InChI=1S/C24H27FN2O4/c1-24(2,3)20(15-31-19-7-5-4-6-18(19)25)26-23(30)17-10-8-16(9-11-17)14-27-21(28)12-13-22(27)29/h4-11,20H,12-15H2,1-3H3,(H,26,30). The Labute approximate surface area is 181 Å². The Morgan fingerprint density at radius 1 is 1.06 bits per heavy atom. The van der Waals surface area contributed by atoms with Crippen LogP contribution in [-0.2, 0) is 16.1 Å². The van der Waals surface area contributed by atoms with Crippen molar-refractivity contribution in [1.82, 2.24) is 10.2 Å². The average Bonchev–Trinajstić information content (AvgIpc) is 3.03. The van der Waals surface area contributed by atoms with Gasteiger partial charge in [0.1, 0.15) is 6.61 Å². The molecule has 3 rings (SSSR count). The van der Waals surface area contributed by atoms with Gasteiger partial charge in [-0.2, -0.15) is 0 Å². The minimum atomic E-state index is -0.452. The molecule has 1 aliphatic heterocycles. The monoisotopic (exact) mass is 426 g/mol. The third kappa shape index (κ3) is 5.69. The number of halogens is 1. The molecule has 2 aromatic rings. The average molecular weight is 426 g/mol. The minimum absolute atomic E-state index is 0.118. The number of nitrogens with zero attached hydrogens (tertiary/aromatic N) is 1. The van der Waals surface area contributed by atoms with Crippen LogP contribution in [0.1, 0.15) is 49.5 Å². The highest BCUT2D eigenvalue weighted by atomic mass is 19.1. The lowest BCUT2D eigenvalue weighted by molar-refractivity contribution is -0.139. The number of para-hydroxylation sites is 1. The first-order valence-corrected chi connectivity index (χ1v) is 10.3. The molecule has 1 heterocycles. The minimum Gasteiger partial charge on any atom is -0.488 e. The number of rotatable bonds is 7. The van der Waals surface area contributed by atoms with Crippen LogP contribution in [0.3, 0.4) is 0 Å². The molecule has 1 N–H and O–H groups in total. The second kappa shape index (κ2) is 9.29. The SMILES string of the molecule is CC(C)(C)C(COc1ccccc1F)NC(=O)c1ccc(CN2C(=O)CCC2=O)cc1. The zero-order chi connectivity index (χ0) is 22.6. The molecule has 31 heavy (non-hydrogen) atoms. The van der Waals surface area contributed by atoms with Crippen LogP contribution in [0.2, 0.25) is 0 Å². The highest BCUT2D eigenvalue weighted by Gasteiger charge is 2.29. The first-order chi connectivity index (χ1) is 14.6. The van der Waals surface area contributed by atoms with E-state index in [9.17, 15) is 18.8 Å². The summed E-state index contributed by atoms with van der Waals surface area (Å²) in [4.78, 5) is 37.6. The summed E-state index contributed by atoms with van der Waals surface area (Å²) in [5.41, 5.74) is 0.899. The van der Waals surface area contributed by atoms with Gasteiger partial charge < -0.3 is 10.1 Å². The van der Waals surface area contributed by atoms with Crippen molar-refractivity contribution < 1.29 is 23.5 Å². The maximum absolute atomic E-state index is 13.8. The van der Waals surface area contributed by atoms with Crippen LogP contribution >= 0.6 is 0 Å². The van der Waals surface area contributed by atoms with Crippen LogP contribution in [-0.4, -0.2) is 35.3 Å². The number of benzene rings is 2. The summed E-state index contributed by atoms with van der Waals surface area (Å²) >= 11 is 0. The van der Waals surface area contributed by atoms with Crippen LogP contribution in [0, 0.1) is 11.2 Å². The summed E-state index contributed by atoms with van der Waals surface area (Å²) < 4.78 is 19.5. The lowest BCUT2D eigenvalue weighted by atomic mass is 9.87. The van der Waals surface area contributed by atoms with E-state index in [2.05, 4.69) is 5.32 Å². The molecule has 1 fully saturated rings. The molecule has 2 aromatic carbocycles. The number of carbonyl (C=O) groups is 3. The normalized spacial score (nSPS) is 15.2. The number of carbonyl (C=O) groups excluding carboxylic acids is 3. The van der Waals surface area contributed by atoms with Gasteiger partial charge in [-0.3, -0.25) is 19.3 Å². The zero-order valence-corrected chi connectivity index (χ0v) is 18.0. The van der Waals surface area contributed by atoms with Crippen molar-refractivity contribution in [2.24, 2.45) is 5.41 Å². The van der Waals surface area contributed by atoms with E-state index in [1.165, 1.54) is 11.0 Å². The summed E-state index contributed by atoms with van der Waals surface area (Å²) in [6.07, 6.45) is 0.505. The molecule has 0 aromatic heterocycles. The lowest BCUT2D eigenvalue weighted by Crippen LogP contribution is -2.47. The summed E-state index contributed by atoms with van der Waals surface area (Å²) in [7, 11) is 0. The Kier molecular flexibility index (Phi) is 6.73. The second-order valence-electron chi connectivity index (χ2n) is 8.70. The Hall–Kier alpha value is -3.22. The van der Waals surface area contributed by atoms with E-state index in [0.717, 1.165) is 5.56 Å². The fourth-order valence-electron chi connectivity index (χ4n) is 3.23. The summed E-state index contributed by atoms with van der Waals surface area (Å²) in [6.45, 7) is 6.23. The van der Waals surface area contributed by atoms with E-state index in [4.69, 9.17) is 4.74 Å². The molecule has 1 aliphatic rings. The van der Waals surface area contributed by atoms with Gasteiger partial charge in [0.25, 0.3) is 5.91 Å². The highest BCUT2D eigenvalue weighted by Crippen LogP contribution is 2.23. The second-order valence-corrected chi connectivity index (χ2v) is 8.70. The molecule has 0 spiro atoms. The van der Waals surface area contributed by atoms with Gasteiger partial charge in [-0.15, -0.1) is 0 Å². The number of nitrogens with one attached hydrogen (secondary N) is 1. The quantitative estimate of drug-likeness (QED) is 0.685. The van der Waals surface area contributed by atoms with Crippen molar-refractivity contribution >= 4 is 17.7 Å². The number of hydrogen-bond donors (Lipinski definition) is 1. The van der Waals surface area contributed by atoms with E-state index < -0.39 is 5.82 Å². The van der Waals surface area contributed by atoms with E-state index in [-0.39, 0.29) is 60.9 Å². The molecule has 1 atom stereocenters. The van der Waals surface area contributed by atoms with Crippen molar-refractivity contribution in [1.29, 1.82) is 0 Å². The van der Waals surface area contributed by atoms with E-state index in [1.807, 2.05) is 20.8 Å². The predicted octanol–water partition coefficient (Wildman–Crippen LogP) is 3.70. The topological polar surface area (TPSA) is 75.7 Å². The smallest absolute Gasteiger partial charge is 0.251 e. The van der Waals surface area contributed by atoms with Crippen LogP contribution in [0.25, 0.3) is 0 Å². The Bertz CT molecular complexity index is 950. The number of likely N-dealkylation sites (tertiary alicyclic amines) is 1. The molecule has 0 bridgehead atoms. The van der Waals surface area contributed by atoms with Gasteiger partial charge in [-0.1, -0.05) is 45.0 Å². The van der Waals surface area contributed by atoms with Crippen LogP contribution in [0.4, 0.5) is 4.39 Å². The molecule has 1 saturated heterocycles. The van der Waals surface area contributed by atoms with Crippen LogP contribution in [0.5, 0.6) is 5.75 Å². The third-order valence-corrected chi connectivity index (χ3v) is 5.30. The molecular weight excluding hydrogens is 399 g/mol. The van der Waals surface area contributed by atoms with E-state index in [1.54, 1.807) is 42.5 Å². The Morgan fingerprint density at radius 2 is 1.68 bits per heavy atom. The van der Waals surface area contributed by atoms with Crippen molar-refractivity contribution in [3.05, 3.63) is 65.5 Å². The van der Waals surface area contributed by atoms with E-state index >= 15 is 0 Å². The molecule has 0 radical (unpaired) electrons. The molecule has 6 nitrogen and oxygen atoms in total. The van der Waals surface area contributed by atoms with Gasteiger partial charge in [0, 0.05) is 18.4 Å². The maximum Gasteiger partial charge on any atom is 0.251 e. The van der Waals surface area contributed by atoms with Gasteiger partial charge in [0.05, 0.1) is 12.6 Å². The first kappa shape index (κ1) is 22.5. The summed E-state index contributed by atoms with van der Waals surface area (Å²) in [6, 6.07) is 12.6. The van der Waals surface area contributed by atoms with E-state index in [0.29, 0.717) is 5.56 Å². The largest absolute Gasteiger partial charge is 0.488 e. The van der Waals surface area contributed by atoms with Crippen molar-refractivity contribution in [3.63, 3.8) is 0 Å². The number of amides is 3. The van der Waals surface area contributed by atoms with Crippen LogP contribution < -0.4 is 10.1 Å². The fourth-order valence-corrected chi connectivity index (χ4v) is 3.23. The summed E-state index contributed by atoms with van der Waals surface area (Å²) in [5, 5.41) is 2.96. The van der Waals surface area contributed by atoms with Gasteiger partial charge in [0.2, 0.25) is 11.8 Å². The molecule has 0 aliphatic carbocycles. The van der Waals surface area contributed by atoms with Gasteiger partial charge in [-0.25, -0.2) is 4.39 Å². The van der Waals surface area contributed by atoms with Gasteiger partial charge in [-0.05, 0) is 35.2 Å². The zero-order valence-electron chi connectivity index (χ0n) is 18.0. The van der Waals surface area contributed by atoms with Crippen LogP contribution in [0.15, 0.2) is 48.5 Å². The number of hydrogen-bond acceptors (Lipinski definition) is 4. The Balaban J connectivity index is 1.63. The molecule has 1 unspecified atom stereocenters. The Morgan fingerprint density at radius 3 is 2.26 bits per heavy atom. The highest BCUT2D eigenvalue weighted by molar-refractivity contribution is 6.01. The van der Waals surface area contributed by atoms with Gasteiger partial charge >= 0.3 is 0 Å². The lowest BCUT2D eigenvalue weighted by Gasteiger charge is -2.31. The molecule has 0 saturated carbocycles. The van der Waals surface area contributed by atoms with Crippen molar-refractivity contribution in [3.8, 4) is 5.75 Å². The molecular formula is C24H27FN2O4. The van der Waals surface area contributed by atoms with Gasteiger partial charge in [0.15, 0.2) is 11.6 Å². The van der Waals surface area contributed by atoms with Crippen molar-refractivity contribution in [2.45, 2.75) is 46.2 Å². The fraction of sp³-hybridized carbons (Fsp3) is 0.375. The first-order valence-electron chi connectivity index (χ1n) is 10.3. The predicted molar refractivity (Wildman–Crippen MR) is 114 cm³/mol. The number of imide groups is 1. The molecule has 3 amide bonds. The number of ether oxygens (including phenoxy) is 1. The maximum atomic E-state index is 13.8. The summed E-state index contributed by atoms with van der Waals surface area (Å²) in [5.74, 6) is -0.935. The van der Waals surface area contributed by atoms with Crippen molar-refractivity contribution in [2.75, 3.05) is 6.61 Å².